The summed E-state index contributed by atoms with van der Waals surface area (Å²) in [4.78, 5) is 8.61. The van der Waals surface area contributed by atoms with Crippen LogP contribution in [0, 0.1) is 18.8 Å². The van der Waals surface area contributed by atoms with Gasteiger partial charge in [-0.1, -0.05) is 186 Å². The number of hydrogen-bond donors (Lipinski definition) is 0. The minimum atomic E-state index is -0.470. The monoisotopic (exact) mass is 1080 g/mol. The van der Waals surface area contributed by atoms with Crippen LogP contribution in [0.5, 0.6) is 11.5 Å². The van der Waals surface area contributed by atoms with Crippen LogP contribution in [0.4, 0.5) is 11.4 Å². The molecule has 0 fully saturated rings. The maximum atomic E-state index is 9.46. The number of rotatable bonds is 9. The van der Waals surface area contributed by atoms with Gasteiger partial charge in [-0.25, -0.2) is 4.98 Å². The zero-order valence-corrected chi connectivity index (χ0v) is 44.1. The van der Waals surface area contributed by atoms with Crippen molar-refractivity contribution in [1.82, 2.24) is 9.55 Å². The van der Waals surface area contributed by atoms with Crippen molar-refractivity contribution in [2.75, 3.05) is 9.80 Å². The van der Waals surface area contributed by atoms with Crippen molar-refractivity contribution in [2.45, 2.75) is 117 Å². The van der Waals surface area contributed by atoms with E-state index >= 15 is 0 Å². The molecule has 9 rings (SSSR count). The molecule has 352 valence electrons. The van der Waals surface area contributed by atoms with E-state index in [1.165, 1.54) is 16.7 Å². The third kappa shape index (κ3) is 9.32. The van der Waals surface area contributed by atoms with Gasteiger partial charge in [-0.2, -0.15) is 0 Å². The van der Waals surface area contributed by atoms with E-state index < -0.39 is 5.41 Å². The molecule has 0 saturated carbocycles. The number of nitrogens with zero attached hydrogens (tertiary/aromatic N) is 4. The molecule has 1 aliphatic rings. The van der Waals surface area contributed by atoms with Gasteiger partial charge in [0.2, 0.25) is 0 Å². The number of anilines is 2. The number of pyridine rings is 1. The predicted molar refractivity (Wildman–Crippen MR) is 281 cm³/mol. The summed E-state index contributed by atoms with van der Waals surface area (Å²) in [5.41, 5.74) is 10.0. The summed E-state index contributed by atoms with van der Waals surface area (Å²) < 4.78 is 28.1. The zero-order chi connectivity index (χ0) is 49.4. The Morgan fingerprint density at radius 3 is 1.69 bits per heavy atom. The van der Waals surface area contributed by atoms with Crippen LogP contribution in [0.15, 0.2) is 152 Å². The van der Waals surface area contributed by atoms with Gasteiger partial charge in [0.25, 0.3) is 0 Å². The smallest absolute Gasteiger partial charge is 0.135 e. The topological polar surface area (TPSA) is 33.5 Å². The number of aromatic nitrogens is 2. The quantitative estimate of drug-likeness (QED) is 0.135. The Hall–Kier alpha value is -5.90. The fourth-order valence-electron chi connectivity index (χ4n) is 9.19. The molecule has 0 radical (unpaired) electrons. The summed E-state index contributed by atoms with van der Waals surface area (Å²) in [6.07, 6.45) is 2.04. The van der Waals surface area contributed by atoms with Gasteiger partial charge in [-0.15, -0.1) is 53.8 Å². The molecule has 0 N–H and O–H groups in total. The maximum absolute atomic E-state index is 9.46. The zero-order valence-electron chi connectivity index (χ0n) is 43.9. The Morgan fingerprint density at radius 2 is 1.09 bits per heavy atom. The van der Waals surface area contributed by atoms with Crippen LogP contribution in [-0.4, -0.2) is 9.55 Å². The molecule has 0 bridgehead atoms. The van der Waals surface area contributed by atoms with Gasteiger partial charge in [0, 0.05) is 55.4 Å². The molecule has 0 atom stereocenters. The van der Waals surface area contributed by atoms with Gasteiger partial charge >= 0.3 is 0 Å². The van der Waals surface area contributed by atoms with E-state index in [1.54, 1.807) is 4.90 Å². The number of benzene rings is 6. The largest absolute Gasteiger partial charge is 0.509 e. The number of ether oxygens (including phenoxy) is 1. The number of para-hydroxylation sites is 1. The molecule has 6 heteroatoms. The second-order valence-electron chi connectivity index (χ2n) is 22.3. The van der Waals surface area contributed by atoms with E-state index in [4.69, 9.17) is 9.72 Å². The predicted octanol–water partition coefficient (Wildman–Crippen LogP) is 16.0. The van der Waals surface area contributed by atoms with Crippen molar-refractivity contribution >= 4 is 33.2 Å². The Bertz CT molecular complexity index is 3230. The molecular weight excluding hydrogens is 1010 g/mol. The summed E-state index contributed by atoms with van der Waals surface area (Å²) in [5.74, 6) is 1.82. The molecule has 8 aromatic rings. The minimum Gasteiger partial charge on any atom is -0.509 e. The summed E-state index contributed by atoms with van der Waals surface area (Å²) in [6, 6.07) is 54.1. The molecule has 0 unspecified atom stereocenters. The molecule has 0 amide bonds. The fourth-order valence-corrected chi connectivity index (χ4v) is 9.19. The third-order valence-corrected chi connectivity index (χ3v) is 13.6. The van der Waals surface area contributed by atoms with Crippen molar-refractivity contribution < 1.29 is 28.5 Å². The van der Waals surface area contributed by atoms with E-state index in [2.05, 4.69) is 234 Å². The second-order valence-corrected chi connectivity index (χ2v) is 22.3. The maximum Gasteiger partial charge on any atom is 0.135 e. The van der Waals surface area contributed by atoms with Crippen molar-refractivity contribution in [2.24, 2.45) is 0 Å². The molecule has 0 aliphatic carbocycles. The van der Waals surface area contributed by atoms with Crippen LogP contribution < -0.4 is 14.5 Å². The van der Waals surface area contributed by atoms with E-state index in [-0.39, 0.29) is 55.1 Å². The molecular formula is C62H65N4OPt-3. The van der Waals surface area contributed by atoms with E-state index in [0.29, 0.717) is 17.2 Å². The van der Waals surface area contributed by atoms with Gasteiger partial charge in [0.15, 0.2) is 0 Å². The average molecular weight is 1080 g/mol. The minimum absolute atomic E-state index is 0. The van der Waals surface area contributed by atoms with Gasteiger partial charge in [-0.05, 0) is 97.5 Å². The van der Waals surface area contributed by atoms with Crippen molar-refractivity contribution in [1.29, 1.82) is 0 Å². The normalized spacial score (nSPS) is 14.4. The first kappa shape index (κ1) is 45.9. The molecule has 3 heterocycles. The third-order valence-electron chi connectivity index (χ3n) is 13.6. The van der Waals surface area contributed by atoms with Gasteiger partial charge in [0.1, 0.15) is 5.82 Å². The van der Waals surface area contributed by atoms with Crippen LogP contribution in [-0.2, 0) is 48.1 Å². The molecule has 68 heavy (non-hydrogen) atoms. The van der Waals surface area contributed by atoms with E-state index in [1.807, 2.05) is 23.8 Å². The molecule has 0 spiro atoms. The Morgan fingerprint density at radius 1 is 0.529 bits per heavy atom. The van der Waals surface area contributed by atoms with Gasteiger partial charge < -0.3 is 19.1 Å². The van der Waals surface area contributed by atoms with Crippen LogP contribution >= 0.6 is 0 Å². The summed E-state index contributed by atoms with van der Waals surface area (Å²) in [7, 11) is 0. The first-order chi connectivity index (χ1) is 32.4. The Labute approximate surface area is 423 Å². The van der Waals surface area contributed by atoms with Gasteiger partial charge in [0.05, 0.1) is 2.74 Å². The van der Waals surface area contributed by atoms with Crippen LogP contribution in [0.3, 0.4) is 0 Å². The van der Waals surface area contributed by atoms with Crippen molar-refractivity contribution in [3.05, 3.63) is 210 Å². The summed E-state index contributed by atoms with van der Waals surface area (Å²) in [6.45, 7) is 30.8. The average Bonchev–Trinajstić information content (AvgIpc) is 3.80. The standard InChI is InChI=1S/C62H65N4O.Pt/c1-58(2,3)45-32-46(59(4,5)6)34-48(33-45)64-30-31-65(41-64)49-35-47(62(12,13)43-24-18-15-19-25-43)36-50(38-49)67-51-39-53(60(7,8)9)57-52-26-20-21-27-54(52)66(55(57)40-51)56-37-44(28-29-63-56)61(10,11)42-22-16-14-17-23-42;/h14-37,39,41H,1-13H3;/q-3;/i30D,31D;. The number of hydrogen-bond acceptors (Lipinski definition) is 4. The second kappa shape index (κ2) is 17.9. The fraction of sp³-hybridized carbons (Fsp3) is 0.290. The van der Waals surface area contributed by atoms with Crippen molar-refractivity contribution in [3.8, 4) is 17.3 Å². The van der Waals surface area contributed by atoms with Crippen LogP contribution in [0.2, 0.25) is 0 Å². The number of fused-ring (bicyclic) bond motifs is 3. The van der Waals surface area contributed by atoms with Crippen LogP contribution in [0.25, 0.3) is 27.6 Å². The van der Waals surface area contributed by atoms with Gasteiger partial charge in [-0.3, -0.25) is 0 Å². The van der Waals surface area contributed by atoms with E-state index in [9.17, 15) is 2.74 Å². The Kier molecular flexibility index (Phi) is 12.1. The Balaban J connectivity index is 0.00000659. The van der Waals surface area contributed by atoms with Crippen molar-refractivity contribution in [3.63, 3.8) is 0 Å². The molecule has 1 aliphatic heterocycles. The molecule has 6 aromatic carbocycles. The van der Waals surface area contributed by atoms with E-state index in [0.717, 1.165) is 55.6 Å². The molecule has 5 nitrogen and oxygen atoms in total. The first-order valence-electron chi connectivity index (χ1n) is 24.5. The first-order valence-corrected chi connectivity index (χ1v) is 23.5. The molecule has 2 aromatic heterocycles. The van der Waals surface area contributed by atoms with Crippen LogP contribution in [0.1, 0.15) is 132 Å². The summed E-state index contributed by atoms with van der Waals surface area (Å²) >= 11 is 0. The SMILES string of the molecule is [2H]C1=C([2H])N(c2cc(C(C)(C)C)cc(C(C)(C)C)c2)[CH-]N1c1[c-]c(Oc2[c-]c3c(c(C(C)(C)C)c2)c2ccccc2n3-c2cc(C(C)(C)c3ccccc3)ccn2)cc(C(C)(C)c2ccccc2)c1.[Pt]. The summed E-state index contributed by atoms with van der Waals surface area (Å²) in [5, 5.41) is 2.22. The molecule has 0 saturated heterocycles.